The highest BCUT2D eigenvalue weighted by atomic mass is 32.1. The van der Waals surface area contributed by atoms with Crippen LogP contribution in [-0.2, 0) is 6.54 Å². The molecule has 0 amide bonds. The van der Waals surface area contributed by atoms with Crippen molar-refractivity contribution in [1.82, 2.24) is 15.3 Å². The Bertz CT molecular complexity index is 709. The molecule has 1 N–H and O–H groups in total. The van der Waals surface area contributed by atoms with Gasteiger partial charge in [0.1, 0.15) is 10.8 Å². The molecule has 0 bridgehead atoms. The molecule has 0 aromatic carbocycles. The van der Waals surface area contributed by atoms with Gasteiger partial charge in [0.2, 0.25) is 0 Å². The Labute approximate surface area is 130 Å². The lowest BCUT2D eigenvalue weighted by Gasteiger charge is -2.12. The predicted molar refractivity (Wildman–Crippen MR) is 84.9 cm³/mol. The molecule has 108 valence electrons. The summed E-state index contributed by atoms with van der Waals surface area (Å²) in [7, 11) is 0. The monoisotopic (exact) mass is 319 g/mol. The van der Waals surface area contributed by atoms with Crippen LogP contribution >= 0.6 is 22.7 Å². The normalized spacial score (nSPS) is 12.5. The molecule has 3 heterocycles. The van der Waals surface area contributed by atoms with Gasteiger partial charge in [-0.1, -0.05) is 6.07 Å². The first-order valence-corrected chi connectivity index (χ1v) is 8.30. The highest BCUT2D eigenvalue weighted by molar-refractivity contribution is 7.20. The average Bonchev–Trinajstić information content (AvgIpc) is 3.15. The lowest BCUT2D eigenvalue weighted by Crippen LogP contribution is -2.18. The van der Waals surface area contributed by atoms with Gasteiger partial charge in [0.05, 0.1) is 16.8 Å². The molecule has 0 fully saturated rings. The van der Waals surface area contributed by atoms with Gasteiger partial charge in [-0.3, -0.25) is 4.98 Å². The highest BCUT2D eigenvalue weighted by Gasteiger charge is 2.09. The van der Waals surface area contributed by atoms with Crippen LogP contribution in [0.25, 0.3) is 9.88 Å². The molecule has 3 aromatic rings. The topological polar surface area (TPSA) is 37.8 Å². The molecular formula is C15H14FN3S2. The third-order valence-corrected chi connectivity index (χ3v) is 5.03. The largest absolute Gasteiger partial charge is 0.304 e. The van der Waals surface area contributed by atoms with Crippen LogP contribution in [0.4, 0.5) is 4.39 Å². The fraction of sp³-hybridized carbons (Fsp3) is 0.200. The maximum Gasteiger partial charge on any atom is 0.141 e. The number of rotatable bonds is 5. The summed E-state index contributed by atoms with van der Waals surface area (Å²) >= 11 is 3.33. The van der Waals surface area contributed by atoms with Gasteiger partial charge in [-0.2, -0.15) is 0 Å². The van der Waals surface area contributed by atoms with Crippen LogP contribution in [0.2, 0.25) is 0 Å². The molecule has 1 atom stereocenters. The second-order valence-electron chi connectivity index (χ2n) is 4.66. The first kappa shape index (κ1) is 14.3. The van der Waals surface area contributed by atoms with E-state index in [9.17, 15) is 4.39 Å². The molecular weight excluding hydrogens is 305 g/mol. The molecule has 6 heteroatoms. The Kier molecular flexibility index (Phi) is 4.38. The molecule has 0 spiro atoms. The van der Waals surface area contributed by atoms with Crippen LogP contribution in [0.15, 0.2) is 41.4 Å². The Balaban J connectivity index is 1.63. The number of nitrogens with zero attached hydrogens (tertiary/aromatic N) is 2. The summed E-state index contributed by atoms with van der Waals surface area (Å²) in [6.45, 7) is 2.64. The maximum atomic E-state index is 13.2. The fourth-order valence-corrected chi connectivity index (χ4v) is 3.58. The standard InChI is InChI=1S/C15H14FN3S2/c1-10(11-5-12(16)7-17-6-11)18-8-13-9-21-15(19-13)14-3-2-4-20-14/h2-7,9-10,18H,8H2,1H3. The van der Waals surface area contributed by atoms with Crippen molar-refractivity contribution < 1.29 is 4.39 Å². The predicted octanol–water partition coefficient (Wildman–Crippen LogP) is 4.26. The van der Waals surface area contributed by atoms with Crippen molar-refractivity contribution in [2.75, 3.05) is 0 Å². The maximum absolute atomic E-state index is 13.2. The van der Waals surface area contributed by atoms with Gasteiger partial charge in [-0.15, -0.1) is 22.7 Å². The van der Waals surface area contributed by atoms with Crippen LogP contribution in [0, 0.1) is 5.82 Å². The van der Waals surface area contributed by atoms with Gasteiger partial charge in [0.15, 0.2) is 0 Å². The van der Waals surface area contributed by atoms with E-state index in [1.54, 1.807) is 28.9 Å². The van der Waals surface area contributed by atoms with Crippen molar-refractivity contribution in [2.24, 2.45) is 0 Å². The minimum Gasteiger partial charge on any atom is -0.304 e. The van der Waals surface area contributed by atoms with Crippen LogP contribution in [0.1, 0.15) is 24.2 Å². The van der Waals surface area contributed by atoms with Gasteiger partial charge < -0.3 is 5.32 Å². The molecule has 3 aromatic heterocycles. The zero-order chi connectivity index (χ0) is 14.7. The van der Waals surface area contributed by atoms with Gasteiger partial charge in [-0.05, 0) is 30.0 Å². The molecule has 0 aliphatic heterocycles. The molecule has 1 unspecified atom stereocenters. The van der Waals surface area contributed by atoms with E-state index in [0.717, 1.165) is 16.3 Å². The molecule has 21 heavy (non-hydrogen) atoms. The minimum absolute atomic E-state index is 0.0279. The van der Waals surface area contributed by atoms with Gasteiger partial charge in [-0.25, -0.2) is 9.37 Å². The summed E-state index contributed by atoms with van der Waals surface area (Å²) in [6, 6.07) is 5.63. The van der Waals surface area contributed by atoms with Gasteiger partial charge in [0.25, 0.3) is 0 Å². The number of aromatic nitrogens is 2. The van der Waals surface area contributed by atoms with Crippen LogP contribution in [0.5, 0.6) is 0 Å². The summed E-state index contributed by atoms with van der Waals surface area (Å²) < 4.78 is 13.2. The number of hydrogen-bond acceptors (Lipinski definition) is 5. The molecule has 0 aliphatic carbocycles. The van der Waals surface area contributed by atoms with Gasteiger partial charge in [0, 0.05) is 24.2 Å². The Morgan fingerprint density at radius 1 is 1.33 bits per heavy atom. The summed E-state index contributed by atoms with van der Waals surface area (Å²) in [4.78, 5) is 9.67. The van der Waals surface area contributed by atoms with Crippen molar-refractivity contribution in [1.29, 1.82) is 0 Å². The van der Waals surface area contributed by atoms with E-state index in [2.05, 4.69) is 26.7 Å². The van der Waals surface area contributed by atoms with E-state index < -0.39 is 0 Å². The molecule has 0 radical (unpaired) electrons. The van der Waals surface area contributed by atoms with Crippen molar-refractivity contribution in [3.8, 4) is 9.88 Å². The van der Waals surface area contributed by atoms with E-state index in [4.69, 9.17) is 0 Å². The first-order valence-electron chi connectivity index (χ1n) is 6.54. The van der Waals surface area contributed by atoms with E-state index >= 15 is 0 Å². The Morgan fingerprint density at radius 2 is 2.24 bits per heavy atom. The lowest BCUT2D eigenvalue weighted by atomic mass is 10.1. The summed E-state index contributed by atoms with van der Waals surface area (Å²) in [5, 5.41) is 8.49. The SMILES string of the molecule is CC(NCc1csc(-c2cccs2)n1)c1cncc(F)c1. The van der Waals surface area contributed by atoms with E-state index in [-0.39, 0.29) is 11.9 Å². The number of pyridine rings is 1. The third-order valence-electron chi connectivity index (χ3n) is 3.10. The Morgan fingerprint density at radius 3 is 3.00 bits per heavy atom. The zero-order valence-electron chi connectivity index (χ0n) is 11.4. The number of thiazole rings is 1. The van der Waals surface area contributed by atoms with Crippen molar-refractivity contribution in [2.45, 2.75) is 19.5 Å². The molecule has 3 rings (SSSR count). The number of thiophene rings is 1. The van der Waals surface area contributed by atoms with E-state index in [1.807, 2.05) is 18.4 Å². The molecule has 0 saturated carbocycles. The third kappa shape index (κ3) is 3.53. The number of nitrogens with one attached hydrogen (secondary N) is 1. The first-order chi connectivity index (χ1) is 10.2. The van der Waals surface area contributed by atoms with Crippen LogP contribution < -0.4 is 5.32 Å². The highest BCUT2D eigenvalue weighted by Crippen LogP contribution is 2.27. The second-order valence-corrected chi connectivity index (χ2v) is 6.47. The van der Waals surface area contributed by atoms with Crippen molar-refractivity contribution in [3.63, 3.8) is 0 Å². The number of hydrogen-bond donors (Lipinski definition) is 1. The van der Waals surface area contributed by atoms with E-state index in [0.29, 0.717) is 6.54 Å². The summed E-state index contributed by atoms with van der Waals surface area (Å²) in [5.41, 5.74) is 1.84. The fourth-order valence-electron chi connectivity index (χ4n) is 1.94. The van der Waals surface area contributed by atoms with Crippen LogP contribution in [0.3, 0.4) is 0 Å². The van der Waals surface area contributed by atoms with Crippen LogP contribution in [-0.4, -0.2) is 9.97 Å². The molecule has 0 saturated heterocycles. The van der Waals surface area contributed by atoms with Gasteiger partial charge >= 0.3 is 0 Å². The molecule has 0 aliphatic rings. The molecule has 3 nitrogen and oxygen atoms in total. The summed E-state index contributed by atoms with van der Waals surface area (Å²) in [5.74, 6) is -0.310. The Hall–Kier alpha value is -1.63. The minimum atomic E-state index is -0.310. The zero-order valence-corrected chi connectivity index (χ0v) is 13.0. The van der Waals surface area contributed by atoms with E-state index in [1.165, 1.54) is 17.1 Å². The van der Waals surface area contributed by atoms with Crippen molar-refractivity contribution >= 4 is 22.7 Å². The lowest BCUT2D eigenvalue weighted by molar-refractivity contribution is 0.557. The second kappa shape index (κ2) is 6.43. The average molecular weight is 319 g/mol. The quantitative estimate of drug-likeness (QED) is 0.763. The number of halogens is 1. The smallest absolute Gasteiger partial charge is 0.141 e. The van der Waals surface area contributed by atoms with Crippen molar-refractivity contribution in [3.05, 3.63) is 58.4 Å². The summed E-state index contributed by atoms with van der Waals surface area (Å²) in [6.07, 6.45) is 2.89.